The van der Waals surface area contributed by atoms with Crippen LogP contribution in [-0.4, -0.2) is 37.1 Å². The minimum Gasteiger partial charge on any atom is -0.493 e. The molecular formula is C28H28N4O5S. The predicted octanol–water partition coefficient (Wildman–Crippen LogP) is 5.83. The van der Waals surface area contributed by atoms with E-state index in [0.29, 0.717) is 17.1 Å². The lowest BCUT2D eigenvalue weighted by atomic mass is 10.1. The molecule has 0 amide bonds. The van der Waals surface area contributed by atoms with Crippen molar-refractivity contribution in [3.63, 3.8) is 0 Å². The van der Waals surface area contributed by atoms with Gasteiger partial charge in [-0.15, -0.1) is 0 Å². The number of para-hydroxylation sites is 2. The summed E-state index contributed by atoms with van der Waals surface area (Å²) in [5.74, 6) is 1.02. The number of hydrogen-bond donors (Lipinski definition) is 1. The average molecular weight is 533 g/mol. The van der Waals surface area contributed by atoms with E-state index in [1.165, 1.54) is 13.2 Å². The Bertz CT molecular complexity index is 1510. The number of nitrogens with zero attached hydrogens (tertiary/aromatic N) is 3. The Morgan fingerprint density at radius 3 is 2.32 bits per heavy atom. The van der Waals surface area contributed by atoms with Gasteiger partial charge >= 0.3 is 0 Å². The molecule has 0 atom stereocenters. The fourth-order valence-corrected chi connectivity index (χ4v) is 4.36. The van der Waals surface area contributed by atoms with E-state index in [1.807, 2.05) is 32.0 Å². The smallest absolute Gasteiger partial charge is 0.280 e. The number of sulfonamides is 1. The Labute approximate surface area is 222 Å². The first-order chi connectivity index (χ1) is 18.3. The maximum absolute atomic E-state index is 13.4. The fourth-order valence-electron chi connectivity index (χ4n) is 3.43. The molecule has 0 aliphatic rings. The molecule has 0 aliphatic heterocycles. The van der Waals surface area contributed by atoms with Crippen molar-refractivity contribution in [2.45, 2.75) is 24.8 Å². The molecule has 0 unspecified atom stereocenters. The minimum atomic E-state index is -4.16. The zero-order valence-electron chi connectivity index (χ0n) is 21.3. The van der Waals surface area contributed by atoms with Crippen molar-refractivity contribution in [2.75, 3.05) is 18.4 Å². The number of rotatable bonds is 11. The van der Waals surface area contributed by atoms with Crippen LogP contribution in [0.1, 0.15) is 25.3 Å². The summed E-state index contributed by atoms with van der Waals surface area (Å²) >= 11 is 0. The van der Waals surface area contributed by atoms with Gasteiger partial charge in [0.25, 0.3) is 15.9 Å². The van der Waals surface area contributed by atoms with Gasteiger partial charge in [0.05, 0.1) is 7.11 Å². The van der Waals surface area contributed by atoms with E-state index < -0.39 is 10.0 Å². The van der Waals surface area contributed by atoms with Gasteiger partial charge in [-0.05, 0) is 29.7 Å². The summed E-state index contributed by atoms with van der Waals surface area (Å²) in [6.45, 7) is 7.79. The molecule has 10 heteroatoms. The number of methoxy groups -OCH3 is 1. The van der Waals surface area contributed by atoms with Crippen molar-refractivity contribution >= 4 is 15.8 Å². The van der Waals surface area contributed by atoms with Crippen LogP contribution >= 0.6 is 0 Å². The number of ether oxygens (including phenoxy) is 3. The first-order valence-corrected chi connectivity index (χ1v) is 13.3. The maximum atomic E-state index is 13.4. The number of benzene rings is 2. The lowest BCUT2D eigenvalue weighted by molar-refractivity contribution is 0.320. The minimum absolute atomic E-state index is 0.0190. The third-order valence-corrected chi connectivity index (χ3v) is 6.67. The van der Waals surface area contributed by atoms with Crippen LogP contribution in [0.2, 0.25) is 0 Å². The SMILES string of the molecule is C=CCOc1nc(-c2ccccc2)nc(NS(=O)(=O)c2ccc(C(C)C)cn2)c1Oc1ccccc1OC. The van der Waals surface area contributed by atoms with E-state index in [4.69, 9.17) is 14.2 Å². The van der Waals surface area contributed by atoms with Crippen LogP contribution in [0.3, 0.4) is 0 Å². The fraction of sp³-hybridized carbons (Fsp3) is 0.179. The van der Waals surface area contributed by atoms with Crippen LogP contribution < -0.4 is 18.9 Å². The second-order valence-electron chi connectivity index (χ2n) is 8.44. The second kappa shape index (κ2) is 11.7. The average Bonchev–Trinajstić information content (AvgIpc) is 2.93. The van der Waals surface area contributed by atoms with Crippen molar-refractivity contribution in [3.05, 3.63) is 91.1 Å². The van der Waals surface area contributed by atoms with Gasteiger partial charge in [0, 0.05) is 11.8 Å². The zero-order chi connectivity index (χ0) is 27.1. The zero-order valence-corrected chi connectivity index (χ0v) is 22.1. The lowest BCUT2D eigenvalue weighted by Gasteiger charge is -2.18. The normalized spacial score (nSPS) is 11.2. The first-order valence-electron chi connectivity index (χ1n) is 11.8. The van der Waals surface area contributed by atoms with E-state index >= 15 is 0 Å². The Morgan fingerprint density at radius 1 is 0.974 bits per heavy atom. The summed E-state index contributed by atoms with van der Waals surface area (Å²) in [4.78, 5) is 13.2. The molecule has 4 rings (SSSR count). The highest BCUT2D eigenvalue weighted by Gasteiger charge is 2.26. The van der Waals surface area contributed by atoms with Crippen LogP contribution in [-0.2, 0) is 10.0 Å². The summed E-state index contributed by atoms with van der Waals surface area (Å²) in [5, 5.41) is -0.168. The van der Waals surface area contributed by atoms with Crippen LogP contribution in [0.25, 0.3) is 11.4 Å². The molecule has 9 nitrogen and oxygen atoms in total. The Kier molecular flexibility index (Phi) is 8.22. The Morgan fingerprint density at radius 2 is 1.68 bits per heavy atom. The molecule has 38 heavy (non-hydrogen) atoms. The maximum Gasteiger partial charge on any atom is 0.280 e. The third kappa shape index (κ3) is 6.09. The predicted molar refractivity (Wildman–Crippen MR) is 145 cm³/mol. The molecule has 4 aromatic rings. The van der Waals surface area contributed by atoms with Gasteiger partial charge < -0.3 is 14.2 Å². The van der Waals surface area contributed by atoms with Gasteiger partial charge in [-0.1, -0.05) is 75.0 Å². The van der Waals surface area contributed by atoms with Gasteiger partial charge in [0.2, 0.25) is 5.75 Å². The number of pyridine rings is 1. The quantitative estimate of drug-likeness (QED) is 0.240. The molecule has 0 radical (unpaired) electrons. The molecule has 0 fully saturated rings. The number of hydrogen-bond acceptors (Lipinski definition) is 8. The highest BCUT2D eigenvalue weighted by molar-refractivity contribution is 7.92. The lowest BCUT2D eigenvalue weighted by Crippen LogP contribution is -2.17. The van der Waals surface area contributed by atoms with Gasteiger partial charge in [-0.25, -0.2) is 9.97 Å². The van der Waals surface area contributed by atoms with E-state index in [-0.39, 0.29) is 40.8 Å². The second-order valence-corrected chi connectivity index (χ2v) is 10.1. The topological polar surface area (TPSA) is 113 Å². The third-order valence-electron chi connectivity index (χ3n) is 5.42. The molecule has 0 bridgehead atoms. The van der Waals surface area contributed by atoms with Crippen LogP contribution in [0.4, 0.5) is 5.82 Å². The monoisotopic (exact) mass is 532 g/mol. The highest BCUT2D eigenvalue weighted by atomic mass is 32.2. The molecule has 2 heterocycles. The molecule has 0 saturated heterocycles. The molecule has 1 N–H and O–H groups in total. The van der Waals surface area contributed by atoms with Crippen LogP contribution in [0.5, 0.6) is 23.1 Å². The molecule has 2 aromatic heterocycles. The Hall–Kier alpha value is -4.44. The molecule has 2 aromatic carbocycles. The van der Waals surface area contributed by atoms with Crippen molar-refractivity contribution < 1.29 is 22.6 Å². The van der Waals surface area contributed by atoms with Crippen molar-refractivity contribution in [1.29, 1.82) is 0 Å². The summed E-state index contributed by atoms with van der Waals surface area (Å²) in [7, 11) is -2.66. The highest BCUT2D eigenvalue weighted by Crippen LogP contribution is 2.41. The van der Waals surface area contributed by atoms with E-state index in [9.17, 15) is 8.42 Å². The van der Waals surface area contributed by atoms with Gasteiger partial charge in [0.1, 0.15) is 6.61 Å². The number of aromatic nitrogens is 3. The van der Waals surface area contributed by atoms with Gasteiger partial charge in [0.15, 0.2) is 28.2 Å². The molecule has 196 valence electrons. The van der Waals surface area contributed by atoms with Crippen molar-refractivity contribution in [2.24, 2.45) is 0 Å². The van der Waals surface area contributed by atoms with Crippen molar-refractivity contribution in [1.82, 2.24) is 15.0 Å². The molecular weight excluding hydrogens is 504 g/mol. The van der Waals surface area contributed by atoms with Crippen LogP contribution in [0.15, 0.2) is 90.6 Å². The van der Waals surface area contributed by atoms with Crippen molar-refractivity contribution in [3.8, 4) is 34.5 Å². The van der Waals surface area contributed by atoms with E-state index in [0.717, 1.165) is 5.56 Å². The summed E-state index contributed by atoms with van der Waals surface area (Å²) < 4.78 is 46.7. The Balaban J connectivity index is 1.86. The van der Waals surface area contributed by atoms with Crippen LogP contribution in [0, 0.1) is 0 Å². The molecule has 0 aliphatic carbocycles. The summed E-state index contributed by atoms with van der Waals surface area (Å²) in [6, 6.07) is 19.2. The number of nitrogens with one attached hydrogen (secondary N) is 1. The van der Waals surface area contributed by atoms with E-state index in [1.54, 1.807) is 54.7 Å². The van der Waals surface area contributed by atoms with Gasteiger partial charge in [-0.2, -0.15) is 13.4 Å². The van der Waals surface area contributed by atoms with E-state index in [2.05, 4.69) is 26.3 Å². The van der Waals surface area contributed by atoms with Gasteiger partial charge in [-0.3, -0.25) is 4.72 Å². The molecule has 0 saturated carbocycles. The summed E-state index contributed by atoms with van der Waals surface area (Å²) in [6.07, 6.45) is 3.08. The number of anilines is 1. The standard InChI is InChI=1S/C28H28N4O5S/c1-5-17-36-28-25(37-23-14-10-9-13-22(23)35-4)27(30-26(31-28)20-11-7-6-8-12-20)32-38(33,34)24-16-15-21(18-29-24)19(2)3/h5-16,18-19H,1,17H2,2-4H3,(H,30,31,32). The first kappa shape index (κ1) is 26.6. The largest absolute Gasteiger partial charge is 0.493 e. The molecule has 0 spiro atoms. The summed E-state index contributed by atoms with van der Waals surface area (Å²) in [5.41, 5.74) is 1.57.